The van der Waals surface area contributed by atoms with Crippen LogP contribution in [0.3, 0.4) is 0 Å². The van der Waals surface area contributed by atoms with Crippen molar-refractivity contribution >= 4 is 67.2 Å². The highest BCUT2D eigenvalue weighted by Gasteiger charge is 2.62. The second-order valence-corrected chi connectivity index (χ2v) is 19.5. The lowest BCUT2D eigenvalue weighted by atomic mass is 10.0. The second-order valence-electron chi connectivity index (χ2n) is 16.6. The van der Waals surface area contributed by atoms with Crippen molar-refractivity contribution in [1.29, 1.82) is 0 Å². The van der Waals surface area contributed by atoms with Crippen molar-refractivity contribution in [3.8, 4) is 22.1 Å². The van der Waals surface area contributed by atoms with Crippen LogP contribution in [0, 0.1) is 5.92 Å². The van der Waals surface area contributed by atoms with Gasteiger partial charge in [0.2, 0.25) is 21.8 Å². The van der Waals surface area contributed by atoms with E-state index in [1.807, 2.05) is 41.8 Å². The summed E-state index contributed by atoms with van der Waals surface area (Å²) >= 11 is 1.52. The molecule has 4 fully saturated rings. The molecule has 3 aromatic heterocycles. The Balaban J connectivity index is 1.05. The number of nitrogens with one attached hydrogen (secondary N) is 3. The molecule has 1 aromatic carbocycles. The van der Waals surface area contributed by atoms with Crippen molar-refractivity contribution < 1.29 is 46.2 Å². The molecular formula is C43H49N5O10S2. The van der Waals surface area contributed by atoms with Gasteiger partial charge in [-0.3, -0.25) is 19.1 Å². The van der Waals surface area contributed by atoms with Gasteiger partial charge < -0.3 is 34.2 Å². The highest BCUT2D eigenvalue weighted by atomic mass is 32.2. The number of pyridine rings is 1. The maximum absolute atomic E-state index is 14.8. The number of hydrogen-bond donors (Lipinski definition) is 3. The molecule has 3 saturated carbocycles. The number of carbonyl (C=O) groups excluding carboxylic acids is 4. The minimum absolute atomic E-state index is 0.0294. The maximum atomic E-state index is 14.8. The number of alkyl carbamates (subject to hydrolysis) is 1. The highest BCUT2D eigenvalue weighted by Crippen LogP contribution is 2.46. The van der Waals surface area contributed by atoms with Crippen molar-refractivity contribution in [2.75, 3.05) is 13.7 Å². The Morgan fingerprint density at radius 1 is 1.02 bits per heavy atom. The number of methoxy groups -OCH3 is 1. The van der Waals surface area contributed by atoms with Gasteiger partial charge in [-0.15, -0.1) is 11.3 Å². The van der Waals surface area contributed by atoms with Crippen LogP contribution in [0.2, 0.25) is 0 Å². The molecule has 5 atom stereocenters. The van der Waals surface area contributed by atoms with Crippen LogP contribution in [0.4, 0.5) is 4.79 Å². The van der Waals surface area contributed by atoms with Crippen LogP contribution >= 0.6 is 11.3 Å². The van der Waals surface area contributed by atoms with E-state index in [0.29, 0.717) is 66.0 Å². The van der Waals surface area contributed by atoms with Crippen LogP contribution < -0.4 is 24.8 Å². The van der Waals surface area contributed by atoms with E-state index in [1.165, 1.54) is 16.2 Å². The number of thiophene rings is 1. The van der Waals surface area contributed by atoms with Gasteiger partial charge in [0.05, 0.1) is 29.5 Å². The van der Waals surface area contributed by atoms with Gasteiger partial charge in [0.15, 0.2) is 11.3 Å². The summed E-state index contributed by atoms with van der Waals surface area (Å²) in [7, 11) is -2.34. The Hall–Kier alpha value is -5.16. The quantitative estimate of drug-likeness (QED) is 0.165. The van der Waals surface area contributed by atoms with Crippen molar-refractivity contribution in [1.82, 2.24) is 25.2 Å². The minimum Gasteiger partial charge on any atom is -0.497 e. The van der Waals surface area contributed by atoms with Crippen molar-refractivity contribution in [3.05, 3.63) is 53.9 Å². The van der Waals surface area contributed by atoms with E-state index in [-0.39, 0.29) is 25.5 Å². The van der Waals surface area contributed by atoms with Crippen LogP contribution in [0.1, 0.15) is 83.5 Å². The summed E-state index contributed by atoms with van der Waals surface area (Å²) in [5.74, 6) is -1.36. The molecule has 5 aliphatic rings. The number of nitrogens with zero attached hydrogens (tertiary/aromatic N) is 2. The number of amides is 4. The van der Waals surface area contributed by atoms with Gasteiger partial charge in [0.25, 0.3) is 5.91 Å². The molecule has 4 aromatic rings. The largest absolute Gasteiger partial charge is 0.497 e. The molecule has 3 aliphatic carbocycles. The van der Waals surface area contributed by atoms with Crippen LogP contribution in [-0.4, -0.2) is 90.9 Å². The molecule has 9 rings (SSSR count). The smallest absolute Gasteiger partial charge is 0.408 e. The summed E-state index contributed by atoms with van der Waals surface area (Å²) in [6.45, 7) is -0.0302. The number of carbonyl (C=O) groups is 4. The SMILES string of the molecule is COc1ccc2c(c1)oc1c(O[C@@H]3C[C@H]4C(=O)N[C@]5(C(=O)NS(=O)(=O)C6CC6)C[C@@H]5/C=C\CCCCC[C@H](NC(=O)OC5CCCC5)C(=O)N4C3)cc(-c3cccs3)nc12. The van der Waals surface area contributed by atoms with Crippen LogP contribution in [0.25, 0.3) is 32.6 Å². The topological polar surface area (TPSA) is 195 Å². The third kappa shape index (κ3) is 8.17. The average Bonchev–Trinajstić information content (AvgIpc) is 3.84. The van der Waals surface area contributed by atoms with Crippen LogP contribution in [0.5, 0.6) is 11.5 Å². The second kappa shape index (κ2) is 16.4. The van der Waals surface area contributed by atoms with Crippen LogP contribution in [-0.2, 0) is 29.1 Å². The fraction of sp³-hybridized carbons (Fsp3) is 0.512. The normalized spacial score (nSPS) is 27.0. The van der Waals surface area contributed by atoms with E-state index in [9.17, 15) is 27.6 Å². The van der Waals surface area contributed by atoms with E-state index in [2.05, 4.69) is 15.4 Å². The summed E-state index contributed by atoms with van der Waals surface area (Å²) in [6.07, 6.45) is 10.0. The zero-order chi connectivity index (χ0) is 41.6. The van der Waals surface area contributed by atoms with Crippen LogP contribution in [0.15, 0.2) is 58.3 Å². The number of rotatable bonds is 9. The van der Waals surface area contributed by atoms with Gasteiger partial charge in [-0.25, -0.2) is 18.2 Å². The third-order valence-corrected chi connectivity index (χ3v) is 15.1. The highest BCUT2D eigenvalue weighted by molar-refractivity contribution is 7.91. The third-order valence-electron chi connectivity index (χ3n) is 12.4. The number of hydrogen-bond acceptors (Lipinski definition) is 12. The summed E-state index contributed by atoms with van der Waals surface area (Å²) in [4.78, 5) is 63.8. The number of aromatic nitrogens is 1. The Morgan fingerprint density at radius 2 is 1.83 bits per heavy atom. The monoisotopic (exact) mass is 859 g/mol. The van der Waals surface area contributed by atoms with Crippen molar-refractivity contribution in [2.45, 2.75) is 119 Å². The summed E-state index contributed by atoms with van der Waals surface area (Å²) < 4.78 is 52.4. The average molecular weight is 860 g/mol. The first-order chi connectivity index (χ1) is 29.0. The molecule has 3 N–H and O–H groups in total. The van der Waals surface area contributed by atoms with Crippen molar-refractivity contribution in [3.63, 3.8) is 0 Å². The van der Waals surface area contributed by atoms with E-state index in [0.717, 1.165) is 48.8 Å². The molecule has 0 bridgehead atoms. The maximum Gasteiger partial charge on any atom is 0.408 e. The molecule has 4 amide bonds. The molecule has 2 aliphatic heterocycles. The standard InChI is InChI=1S/C43H49N5O10S2/c1-55-27-15-18-30-34(21-27)58-38-35(22-32(44-37(30)38)36-14-9-19-59-36)56-28-20-33-39(49)46-43(41(51)47-60(53,54)29-16-17-29)23-25(43)10-5-3-2-4-6-13-31(40(50)48(33)24-28)45-42(52)57-26-11-7-8-12-26/h5,9-10,14-15,18-19,21-22,25-26,28-29,31,33H,2-4,6-8,11-13,16-17,20,23-24H2,1H3,(H,45,52)(H,46,49)(H,47,51)/b10-5-/t25-,28+,31-,33-,43+/m0/s1. The lowest BCUT2D eigenvalue weighted by Gasteiger charge is -2.30. The molecule has 0 radical (unpaired) electrons. The number of allylic oxidation sites excluding steroid dienone is 1. The Morgan fingerprint density at radius 3 is 2.60 bits per heavy atom. The number of fused-ring (bicyclic) bond motifs is 5. The number of ether oxygens (including phenoxy) is 3. The zero-order valence-electron chi connectivity index (χ0n) is 33.4. The molecule has 15 nitrogen and oxygen atoms in total. The fourth-order valence-electron chi connectivity index (χ4n) is 8.81. The van der Waals surface area contributed by atoms with E-state index < -0.39 is 68.7 Å². The first-order valence-corrected chi connectivity index (χ1v) is 23.4. The van der Waals surface area contributed by atoms with E-state index in [4.69, 9.17) is 23.6 Å². The number of sulfonamides is 1. The molecule has 17 heteroatoms. The lowest BCUT2D eigenvalue weighted by Crippen LogP contribution is -2.58. The van der Waals surface area contributed by atoms with Crippen molar-refractivity contribution in [2.24, 2.45) is 5.92 Å². The van der Waals surface area contributed by atoms with Gasteiger partial charge in [-0.2, -0.15) is 0 Å². The molecule has 0 spiro atoms. The molecule has 1 saturated heterocycles. The minimum atomic E-state index is -3.91. The van der Waals surface area contributed by atoms with Gasteiger partial charge >= 0.3 is 6.09 Å². The first kappa shape index (κ1) is 40.3. The fourth-order valence-corrected chi connectivity index (χ4v) is 10.9. The molecule has 0 unspecified atom stereocenters. The van der Waals surface area contributed by atoms with E-state index in [1.54, 1.807) is 19.2 Å². The summed E-state index contributed by atoms with van der Waals surface area (Å²) in [5, 5.41) is 7.82. The Bertz CT molecular complexity index is 2440. The Kier molecular flexibility index (Phi) is 11.0. The Labute approximate surface area is 351 Å². The predicted molar refractivity (Wildman–Crippen MR) is 223 cm³/mol. The number of benzene rings is 1. The molecule has 5 heterocycles. The molecular weight excluding hydrogens is 811 g/mol. The predicted octanol–water partition coefficient (Wildman–Crippen LogP) is 6.11. The van der Waals surface area contributed by atoms with E-state index >= 15 is 0 Å². The summed E-state index contributed by atoms with van der Waals surface area (Å²) in [5.41, 5.74) is 0.626. The molecule has 318 valence electrons. The van der Waals surface area contributed by atoms with Gasteiger partial charge in [-0.05, 0) is 87.8 Å². The van der Waals surface area contributed by atoms with Gasteiger partial charge in [-0.1, -0.05) is 31.1 Å². The lowest BCUT2D eigenvalue weighted by molar-refractivity contribution is -0.141. The van der Waals surface area contributed by atoms with Gasteiger partial charge in [0.1, 0.15) is 46.7 Å². The molecule has 60 heavy (non-hydrogen) atoms. The number of furan rings is 1. The first-order valence-electron chi connectivity index (χ1n) is 21.0. The zero-order valence-corrected chi connectivity index (χ0v) is 35.0. The van der Waals surface area contributed by atoms with Gasteiger partial charge in [0, 0.05) is 29.9 Å². The summed E-state index contributed by atoms with van der Waals surface area (Å²) in [6, 6.07) is 9.02.